The Kier molecular flexibility index (Phi) is 4.66. The van der Waals surface area contributed by atoms with Gasteiger partial charge in [-0.05, 0) is 6.92 Å². The lowest BCUT2D eigenvalue weighted by Crippen LogP contribution is -2.40. The predicted molar refractivity (Wildman–Crippen MR) is 57.2 cm³/mol. The molecule has 0 N–H and O–H groups in total. The van der Waals surface area contributed by atoms with Crippen molar-refractivity contribution in [1.29, 1.82) is 0 Å². The van der Waals surface area contributed by atoms with Gasteiger partial charge in [0.15, 0.2) is 6.10 Å². The Morgan fingerprint density at radius 1 is 0.833 bits per heavy atom. The average Bonchev–Trinajstić information content (AvgIpc) is 2.43. The Hall–Kier alpha value is -1.63. The van der Waals surface area contributed by atoms with E-state index < -0.39 is 42.5 Å². The Labute approximate surface area is 104 Å². The minimum absolute atomic E-state index is 0.531. The van der Waals surface area contributed by atoms with Crippen LogP contribution in [0.4, 0.5) is 0 Å². The molecule has 0 aromatic carbocycles. The summed E-state index contributed by atoms with van der Waals surface area (Å²) in [5.74, 6) is -1.68. The molecule has 0 aromatic rings. The first-order valence-electron chi connectivity index (χ1n) is 5.48. The number of hydrogen-bond acceptors (Lipinski definition) is 7. The van der Waals surface area contributed by atoms with E-state index in [4.69, 9.17) is 18.9 Å². The Bertz CT molecular complexity index is 351. The van der Waals surface area contributed by atoms with E-state index in [2.05, 4.69) is 0 Å². The summed E-state index contributed by atoms with van der Waals surface area (Å²) >= 11 is 0. The third kappa shape index (κ3) is 3.69. The van der Waals surface area contributed by atoms with Crippen molar-refractivity contribution >= 4 is 17.9 Å². The van der Waals surface area contributed by atoms with Crippen molar-refractivity contribution in [2.45, 2.75) is 52.3 Å². The SMILES string of the molecule is CC(=O)OC1O[C@H](C)C(OC(C)=O)C1OC(C)=O. The number of ether oxygens (including phenoxy) is 4. The van der Waals surface area contributed by atoms with Gasteiger partial charge >= 0.3 is 17.9 Å². The van der Waals surface area contributed by atoms with Crippen molar-refractivity contribution in [3.05, 3.63) is 0 Å². The molecule has 0 radical (unpaired) electrons. The minimum atomic E-state index is -1.06. The standard InChI is InChI=1S/C11H16O7/c1-5-9(16-6(2)12)10(17-7(3)13)11(15-5)18-8(4)14/h5,9-11H,1-4H3/t5-,9?,10?,11?/m1/s1. The van der Waals surface area contributed by atoms with E-state index in [1.807, 2.05) is 0 Å². The summed E-state index contributed by atoms with van der Waals surface area (Å²) in [5, 5.41) is 0. The van der Waals surface area contributed by atoms with Gasteiger partial charge in [0, 0.05) is 20.8 Å². The van der Waals surface area contributed by atoms with Gasteiger partial charge < -0.3 is 18.9 Å². The number of carbonyl (C=O) groups excluding carboxylic acids is 3. The predicted octanol–water partition coefficient (Wildman–Crippen LogP) is 0.158. The molecule has 1 aliphatic rings. The Balaban J connectivity index is 2.83. The topological polar surface area (TPSA) is 88.1 Å². The first-order chi connectivity index (χ1) is 8.31. The molecule has 0 spiro atoms. The Morgan fingerprint density at radius 3 is 1.72 bits per heavy atom. The second-order valence-corrected chi connectivity index (χ2v) is 3.97. The van der Waals surface area contributed by atoms with Crippen LogP contribution in [0, 0.1) is 0 Å². The first kappa shape index (κ1) is 14.4. The normalized spacial score (nSPS) is 30.7. The average molecular weight is 260 g/mol. The molecule has 1 fully saturated rings. The zero-order valence-corrected chi connectivity index (χ0v) is 10.7. The molecule has 1 heterocycles. The maximum absolute atomic E-state index is 11.0. The fourth-order valence-electron chi connectivity index (χ4n) is 1.72. The van der Waals surface area contributed by atoms with Crippen molar-refractivity contribution < 1.29 is 33.3 Å². The van der Waals surface area contributed by atoms with E-state index >= 15 is 0 Å². The van der Waals surface area contributed by atoms with Crippen LogP contribution in [0.25, 0.3) is 0 Å². The highest BCUT2D eigenvalue weighted by molar-refractivity contribution is 5.68. The maximum atomic E-state index is 11.0. The number of carbonyl (C=O) groups is 3. The maximum Gasteiger partial charge on any atom is 0.305 e. The lowest BCUT2D eigenvalue weighted by Gasteiger charge is -2.22. The van der Waals surface area contributed by atoms with E-state index in [0.717, 1.165) is 0 Å². The second kappa shape index (κ2) is 5.81. The molecular formula is C11H16O7. The van der Waals surface area contributed by atoms with Crippen molar-refractivity contribution in [3.8, 4) is 0 Å². The second-order valence-electron chi connectivity index (χ2n) is 3.97. The molecule has 3 unspecified atom stereocenters. The van der Waals surface area contributed by atoms with Crippen molar-refractivity contribution in [3.63, 3.8) is 0 Å². The van der Waals surface area contributed by atoms with Crippen LogP contribution in [0.5, 0.6) is 0 Å². The van der Waals surface area contributed by atoms with Gasteiger partial charge in [-0.3, -0.25) is 14.4 Å². The Morgan fingerprint density at radius 2 is 1.28 bits per heavy atom. The molecule has 4 atom stereocenters. The third-order valence-electron chi connectivity index (χ3n) is 2.29. The first-order valence-corrected chi connectivity index (χ1v) is 5.48. The summed E-state index contributed by atoms with van der Waals surface area (Å²) in [6.45, 7) is 5.28. The van der Waals surface area contributed by atoms with Crippen LogP contribution < -0.4 is 0 Å². The zero-order valence-electron chi connectivity index (χ0n) is 10.7. The van der Waals surface area contributed by atoms with E-state index in [9.17, 15) is 14.4 Å². The van der Waals surface area contributed by atoms with E-state index in [-0.39, 0.29) is 0 Å². The van der Waals surface area contributed by atoms with Crippen molar-refractivity contribution in [1.82, 2.24) is 0 Å². The highest BCUT2D eigenvalue weighted by Gasteiger charge is 2.49. The summed E-state index contributed by atoms with van der Waals surface area (Å²) in [4.78, 5) is 32.9. The fourth-order valence-corrected chi connectivity index (χ4v) is 1.72. The van der Waals surface area contributed by atoms with Crippen LogP contribution in [0.1, 0.15) is 27.7 Å². The highest BCUT2D eigenvalue weighted by atomic mass is 16.7. The van der Waals surface area contributed by atoms with E-state index in [1.165, 1.54) is 20.8 Å². The molecule has 7 nitrogen and oxygen atoms in total. The summed E-state index contributed by atoms with van der Waals surface area (Å²) in [5.41, 5.74) is 0. The number of esters is 3. The lowest BCUT2D eigenvalue weighted by molar-refractivity contribution is -0.194. The summed E-state index contributed by atoms with van der Waals surface area (Å²) in [7, 11) is 0. The van der Waals surface area contributed by atoms with E-state index in [1.54, 1.807) is 6.92 Å². The van der Waals surface area contributed by atoms with Crippen LogP contribution in [0.3, 0.4) is 0 Å². The summed E-state index contributed by atoms with van der Waals surface area (Å²) < 4.78 is 20.2. The van der Waals surface area contributed by atoms with Crippen molar-refractivity contribution in [2.75, 3.05) is 0 Å². The number of hydrogen-bond donors (Lipinski definition) is 0. The van der Waals surface area contributed by atoms with E-state index in [0.29, 0.717) is 0 Å². The molecule has 1 rings (SSSR count). The highest BCUT2D eigenvalue weighted by Crippen LogP contribution is 2.27. The van der Waals surface area contributed by atoms with Crippen molar-refractivity contribution in [2.24, 2.45) is 0 Å². The van der Waals surface area contributed by atoms with Crippen LogP contribution in [-0.4, -0.2) is 42.5 Å². The van der Waals surface area contributed by atoms with Gasteiger partial charge in [-0.1, -0.05) is 0 Å². The molecule has 102 valence electrons. The third-order valence-corrected chi connectivity index (χ3v) is 2.29. The molecule has 0 aliphatic carbocycles. The van der Waals surface area contributed by atoms with Gasteiger partial charge in [0.05, 0.1) is 6.10 Å². The lowest BCUT2D eigenvalue weighted by atomic mass is 10.1. The molecule has 7 heteroatoms. The molecule has 0 amide bonds. The van der Waals surface area contributed by atoms with Crippen LogP contribution in [-0.2, 0) is 33.3 Å². The van der Waals surface area contributed by atoms with Gasteiger partial charge in [0.1, 0.15) is 0 Å². The van der Waals surface area contributed by atoms with Gasteiger partial charge in [0.2, 0.25) is 12.4 Å². The van der Waals surface area contributed by atoms with Crippen LogP contribution >= 0.6 is 0 Å². The minimum Gasteiger partial charge on any atom is -0.456 e. The van der Waals surface area contributed by atoms with Crippen LogP contribution in [0.2, 0.25) is 0 Å². The fraction of sp³-hybridized carbons (Fsp3) is 0.727. The quantitative estimate of drug-likeness (QED) is 0.527. The van der Waals surface area contributed by atoms with Gasteiger partial charge in [-0.15, -0.1) is 0 Å². The van der Waals surface area contributed by atoms with Gasteiger partial charge in [0.25, 0.3) is 0 Å². The molecule has 0 saturated carbocycles. The molecule has 1 aliphatic heterocycles. The molecule has 0 aromatic heterocycles. The smallest absolute Gasteiger partial charge is 0.305 e. The largest absolute Gasteiger partial charge is 0.456 e. The summed E-state index contributed by atoms with van der Waals surface area (Å²) in [6.07, 6.45) is -3.35. The molecular weight excluding hydrogens is 244 g/mol. The molecule has 18 heavy (non-hydrogen) atoms. The van der Waals surface area contributed by atoms with Gasteiger partial charge in [-0.2, -0.15) is 0 Å². The zero-order chi connectivity index (χ0) is 13.9. The number of rotatable bonds is 3. The van der Waals surface area contributed by atoms with Gasteiger partial charge in [-0.25, -0.2) is 0 Å². The molecule has 1 saturated heterocycles. The van der Waals surface area contributed by atoms with Crippen LogP contribution in [0.15, 0.2) is 0 Å². The summed E-state index contributed by atoms with van der Waals surface area (Å²) in [6, 6.07) is 0. The monoisotopic (exact) mass is 260 g/mol. The molecule has 0 bridgehead atoms.